The molecule has 0 amide bonds. The largest absolute Gasteiger partial charge is 0.416 e. The van der Waals surface area contributed by atoms with Crippen LogP contribution in [-0.2, 0) is 21.0 Å². The lowest BCUT2D eigenvalue weighted by Crippen LogP contribution is -2.22. The van der Waals surface area contributed by atoms with E-state index in [0.717, 1.165) is 18.2 Å². The van der Waals surface area contributed by atoms with Crippen LogP contribution in [-0.4, -0.2) is 20.5 Å². The monoisotopic (exact) mass is 385 g/mol. The Morgan fingerprint density at radius 3 is 2.38 bits per heavy atom. The van der Waals surface area contributed by atoms with E-state index < -0.39 is 26.7 Å². The van der Waals surface area contributed by atoms with Crippen molar-refractivity contribution in [3.63, 3.8) is 0 Å². The fraction of sp³-hybridized carbons (Fsp3) is 0.125. The molecule has 2 aromatic carbocycles. The van der Waals surface area contributed by atoms with Crippen molar-refractivity contribution >= 4 is 21.5 Å². The number of hydrogen-bond donors (Lipinski definition) is 2. The van der Waals surface area contributed by atoms with Crippen LogP contribution in [0.4, 0.5) is 18.9 Å². The molecular weight excluding hydrogens is 371 g/mol. The number of halogens is 3. The zero-order valence-electron chi connectivity index (χ0n) is 13.4. The number of sulfonamides is 1. The minimum atomic E-state index is -4.62. The van der Waals surface area contributed by atoms with Gasteiger partial charge in [-0.1, -0.05) is 11.7 Å². The molecule has 2 N–H and O–H groups in total. The number of nitrogens with zero attached hydrogens (tertiary/aromatic N) is 1. The molecule has 2 aromatic rings. The van der Waals surface area contributed by atoms with Crippen LogP contribution in [0, 0.1) is 0 Å². The van der Waals surface area contributed by atoms with Gasteiger partial charge in [-0.25, -0.2) is 8.42 Å². The fourth-order valence-corrected chi connectivity index (χ4v) is 3.34. The SMILES string of the molecule is CN1C=C(c2ccc(NS(=O)(=O)c3cccc(C(F)(F)F)c3)cc2)ON1. The second-order valence-electron chi connectivity index (χ2n) is 5.51. The molecule has 0 aliphatic carbocycles. The third-order valence-electron chi connectivity index (χ3n) is 3.50. The zero-order chi connectivity index (χ0) is 18.9. The number of rotatable bonds is 4. The van der Waals surface area contributed by atoms with Crippen LogP contribution in [0.25, 0.3) is 5.76 Å². The Labute approximate surface area is 147 Å². The van der Waals surface area contributed by atoms with E-state index in [2.05, 4.69) is 10.3 Å². The van der Waals surface area contributed by atoms with Crippen LogP contribution in [0.2, 0.25) is 0 Å². The van der Waals surface area contributed by atoms with E-state index in [1.54, 1.807) is 30.4 Å². The van der Waals surface area contributed by atoms with Crippen molar-refractivity contribution in [3.05, 3.63) is 65.9 Å². The molecule has 0 spiro atoms. The Hall–Kier alpha value is -2.72. The lowest BCUT2D eigenvalue weighted by Gasteiger charge is -2.11. The molecule has 0 unspecified atom stereocenters. The van der Waals surface area contributed by atoms with Gasteiger partial charge in [-0.3, -0.25) is 9.73 Å². The van der Waals surface area contributed by atoms with Crippen LogP contribution < -0.4 is 10.3 Å². The minimum absolute atomic E-state index is 0.214. The minimum Gasteiger partial charge on any atom is -0.387 e. The summed E-state index contributed by atoms with van der Waals surface area (Å²) >= 11 is 0. The second-order valence-corrected chi connectivity index (χ2v) is 7.19. The molecule has 0 bridgehead atoms. The maximum absolute atomic E-state index is 12.8. The highest BCUT2D eigenvalue weighted by Crippen LogP contribution is 2.31. The molecule has 0 atom stereocenters. The summed E-state index contributed by atoms with van der Waals surface area (Å²) in [6, 6.07) is 9.78. The second kappa shape index (κ2) is 6.54. The van der Waals surface area contributed by atoms with Gasteiger partial charge in [-0.15, -0.1) is 0 Å². The lowest BCUT2D eigenvalue weighted by molar-refractivity contribution is -0.137. The lowest BCUT2D eigenvalue weighted by atomic mass is 10.2. The number of anilines is 1. The van der Waals surface area contributed by atoms with E-state index in [-0.39, 0.29) is 5.69 Å². The molecular formula is C16H14F3N3O3S. The van der Waals surface area contributed by atoms with Crippen LogP contribution in [0.15, 0.2) is 59.6 Å². The third kappa shape index (κ3) is 3.92. The van der Waals surface area contributed by atoms with Crippen LogP contribution in [0.5, 0.6) is 0 Å². The first-order valence-electron chi connectivity index (χ1n) is 7.33. The van der Waals surface area contributed by atoms with Gasteiger partial charge in [0.25, 0.3) is 10.0 Å². The van der Waals surface area contributed by atoms with Gasteiger partial charge in [0.15, 0.2) is 5.76 Å². The molecule has 26 heavy (non-hydrogen) atoms. The van der Waals surface area contributed by atoms with Gasteiger partial charge in [0.1, 0.15) is 0 Å². The predicted molar refractivity (Wildman–Crippen MR) is 88.7 cm³/mol. The van der Waals surface area contributed by atoms with Gasteiger partial charge >= 0.3 is 6.18 Å². The summed E-state index contributed by atoms with van der Waals surface area (Å²) < 4.78 is 65.2. The van der Waals surface area contributed by atoms with E-state index in [1.807, 2.05) is 0 Å². The highest BCUT2D eigenvalue weighted by molar-refractivity contribution is 7.92. The van der Waals surface area contributed by atoms with E-state index >= 15 is 0 Å². The summed E-state index contributed by atoms with van der Waals surface area (Å²) in [4.78, 5) is 4.73. The van der Waals surface area contributed by atoms with Crippen molar-refractivity contribution in [3.8, 4) is 0 Å². The Morgan fingerprint density at radius 2 is 1.81 bits per heavy atom. The van der Waals surface area contributed by atoms with Crippen molar-refractivity contribution in [1.29, 1.82) is 0 Å². The number of benzene rings is 2. The summed E-state index contributed by atoms with van der Waals surface area (Å²) in [6.45, 7) is 0. The summed E-state index contributed by atoms with van der Waals surface area (Å²) in [5.41, 5.74) is 2.48. The average molecular weight is 385 g/mol. The molecule has 3 rings (SSSR count). The van der Waals surface area contributed by atoms with Crippen LogP contribution in [0.1, 0.15) is 11.1 Å². The fourth-order valence-electron chi connectivity index (χ4n) is 2.24. The normalized spacial score (nSPS) is 14.8. The van der Waals surface area contributed by atoms with Gasteiger partial charge in [-0.05, 0) is 42.5 Å². The zero-order valence-corrected chi connectivity index (χ0v) is 14.2. The summed E-state index contributed by atoms with van der Waals surface area (Å²) in [7, 11) is -2.41. The molecule has 6 nitrogen and oxygen atoms in total. The van der Waals surface area contributed by atoms with Crippen molar-refractivity contribution < 1.29 is 26.4 Å². The van der Waals surface area contributed by atoms with Gasteiger partial charge < -0.3 is 4.84 Å². The summed E-state index contributed by atoms with van der Waals surface area (Å²) in [5.74, 6) is 0.541. The maximum atomic E-state index is 12.8. The number of hydrazine groups is 1. The average Bonchev–Trinajstić information content (AvgIpc) is 3.01. The highest BCUT2D eigenvalue weighted by atomic mass is 32.2. The molecule has 1 heterocycles. The first-order chi connectivity index (χ1) is 12.1. The number of hydrogen-bond acceptors (Lipinski definition) is 5. The molecule has 0 saturated heterocycles. The highest BCUT2D eigenvalue weighted by Gasteiger charge is 2.31. The van der Waals surface area contributed by atoms with Crippen molar-refractivity contribution in [1.82, 2.24) is 10.6 Å². The van der Waals surface area contributed by atoms with E-state index in [4.69, 9.17) is 4.84 Å². The first kappa shape index (κ1) is 18.1. The Morgan fingerprint density at radius 1 is 1.12 bits per heavy atom. The van der Waals surface area contributed by atoms with Crippen molar-refractivity contribution in [2.75, 3.05) is 11.8 Å². The topological polar surface area (TPSA) is 70.7 Å². The molecule has 0 aromatic heterocycles. The van der Waals surface area contributed by atoms with Crippen molar-refractivity contribution in [2.45, 2.75) is 11.1 Å². The van der Waals surface area contributed by atoms with Gasteiger partial charge in [0, 0.05) is 18.3 Å². The molecule has 0 radical (unpaired) electrons. The Balaban J connectivity index is 1.81. The Kier molecular flexibility index (Phi) is 4.55. The maximum Gasteiger partial charge on any atom is 0.416 e. The van der Waals surface area contributed by atoms with Crippen molar-refractivity contribution in [2.24, 2.45) is 0 Å². The quantitative estimate of drug-likeness (QED) is 0.846. The smallest absolute Gasteiger partial charge is 0.387 e. The first-order valence-corrected chi connectivity index (χ1v) is 8.81. The standard InChI is InChI=1S/C16H14F3N3O3S/c1-22-10-15(25-21-22)11-5-7-13(8-6-11)20-26(23,24)14-4-2-3-12(9-14)16(17,18)19/h2-10,20-21H,1H3. The molecule has 1 aliphatic heterocycles. The molecule has 0 saturated carbocycles. The van der Waals surface area contributed by atoms with Gasteiger partial charge in [0.2, 0.25) is 0 Å². The molecule has 0 fully saturated rings. The van der Waals surface area contributed by atoms with Crippen LogP contribution in [0.3, 0.4) is 0 Å². The number of alkyl halides is 3. The van der Waals surface area contributed by atoms with E-state index in [9.17, 15) is 21.6 Å². The predicted octanol–water partition coefficient (Wildman–Crippen LogP) is 3.19. The van der Waals surface area contributed by atoms with Gasteiger partial charge in [0.05, 0.1) is 16.7 Å². The summed E-state index contributed by atoms with van der Waals surface area (Å²) in [6.07, 6.45) is -2.93. The summed E-state index contributed by atoms with van der Waals surface area (Å²) in [5, 5.41) is 1.60. The molecule has 10 heteroatoms. The van der Waals surface area contributed by atoms with E-state index in [1.165, 1.54) is 12.1 Å². The van der Waals surface area contributed by atoms with E-state index in [0.29, 0.717) is 17.4 Å². The van der Waals surface area contributed by atoms with Gasteiger partial charge in [-0.2, -0.15) is 13.2 Å². The van der Waals surface area contributed by atoms with Crippen LogP contribution >= 0.6 is 0 Å². The molecule has 1 aliphatic rings. The number of nitrogens with one attached hydrogen (secondary N) is 2. The Bertz CT molecular complexity index is 941. The third-order valence-corrected chi connectivity index (χ3v) is 4.88. The molecule has 138 valence electrons.